The summed E-state index contributed by atoms with van der Waals surface area (Å²) < 4.78 is 43.6. The van der Waals surface area contributed by atoms with Gasteiger partial charge in [-0.25, -0.2) is 8.42 Å². The van der Waals surface area contributed by atoms with Gasteiger partial charge < -0.3 is 19.5 Å². The Balaban J connectivity index is 1.83. The number of ether oxygens (including phenoxy) is 3. The summed E-state index contributed by atoms with van der Waals surface area (Å²) in [5.74, 6) is 0.283. The minimum Gasteiger partial charge on any atom is -0.495 e. The van der Waals surface area contributed by atoms with Crippen LogP contribution in [0.3, 0.4) is 0 Å². The van der Waals surface area contributed by atoms with Crippen LogP contribution in [-0.2, 0) is 19.6 Å². The van der Waals surface area contributed by atoms with E-state index < -0.39 is 22.0 Å². The Labute approximate surface area is 187 Å². The van der Waals surface area contributed by atoms with Crippen LogP contribution in [0.25, 0.3) is 0 Å². The van der Waals surface area contributed by atoms with Crippen molar-refractivity contribution in [2.24, 2.45) is 0 Å². The summed E-state index contributed by atoms with van der Waals surface area (Å²) in [5, 5.41) is 3.12. The first-order valence-corrected chi connectivity index (χ1v) is 11.7. The van der Waals surface area contributed by atoms with E-state index in [4.69, 9.17) is 25.8 Å². The van der Waals surface area contributed by atoms with Crippen LogP contribution >= 0.6 is 11.6 Å². The molecule has 0 unspecified atom stereocenters. The third-order valence-corrected chi connectivity index (χ3v) is 7.01. The molecular formula is C21H25ClN2O6S. The highest BCUT2D eigenvalue weighted by atomic mass is 35.5. The van der Waals surface area contributed by atoms with Crippen molar-refractivity contribution in [2.75, 3.05) is 38.7 Å². The maximum atomic E-state index is 13.0. The lowest BCUT2D eigenvalue weighted by molar-refractivity contribution is -0.122. The number of hydrogen-bond acceptors (Lipinski definition) is 6. The number of benzene rings is 2. The van der Waals surface area contributed by atoms with E-state index in [0.717, 1.165) is 0 Å². The Morgan fingerprint density at radius 3 is 2.55 bits per heavy atom. The average Bonchev–Trinajstić information content (AvgIpc) is 2.79. The van der Waals surface area contributed by atoms with E-state index in [1.54, 1.807) is 31.2 Å². The Morgan fingerprint density at radius 2 is 1.90 bits per heavy atom. The number of hydrogen-bond donors (Lipinski definition) is 1. The normalized spacial score (nSPS) is 15.8. The maximum Gasteiger partial charge on any atom is 0.265 e. The van der Waals surface area contributed by atoms with Gasteiger partial charge in [0.1, 0.15) is 11.5 Å². The van der Waals surface area contributed by atoms with Crippen molar-refractivity contribution < 1.29 is 27.4 Å². The third-order valence-electron chi connectivity index (χ3n) is 4.81. The fourth-order valence-electron chi connectivity index (χ4n) is 3.11. The monoisotopic (exact) mass is 468 g/mol. The Hall–Kier alpha value is -2.33. The molecule has 1 fully saturated rings. The van der Waals surface area contributed by atoms with E-state index in [1.807, 2.05) is 0 Å². The van der Waals surface area contributed by atoms with Gasteiger partial charge in [0.25, 0.3) is 5.91 Å². The molecule has 0 radical (unpaired) electrons. The molecule has 168 valence electrons. The largest absolute Gasteiger partial charge is 0.495 e. The van der Waals surface area contributed by atoms with E-state index in [9.17, 15) is 13.2 Å². The molecule has 1 heterocycles. The highest BCUT2D eigenvalue weighted by Gasteiger charge is 2.28. The summed E-state index contributed by atoms with van der Waals surface area (Å²) in [6.07, 6.45) is -0.449. The van der Waals surface area contributed by atoms with Crippen LogP contribution in [0.15, 0.2) is 47.4 Å². The molecular weight excluding hydrogens is 444 g/mol. The second kappa shape index (κ2) is 10.3. The Bertz CT molecular complexity index is 1020. The molecule has 0 aliphatic carbocycles. The van der Waals surface area contributed by atoms with Gasteiger partial charge in [0.15, 0.2) is 6.10 Å². The van der Waals surface area contributed by atoms with Crippen molar-refractivity contribution >= 4 is 33.2 Å². The predicted octanol–water partition coefficient (Wildman–Crippen LogP) is 3.17. The molecule has 1 aliphatic heterocycles. The van der Waals surface area contributed by atoms with E-state index >= 15 is 0 Å². The molecule has 2 aromatic carbocycles. The van der Waals surface area contributed by atoms with Gasteiger partial charge in [-0.3, -0.25) is 4.79 Å². The highest BCUT2D eigenvalue weighted by molar-refractivity contribution is 7.89. The van der Waals surface area contributed by atoms with Crippen LogP contribution in [0.2, 0.25) is 5.02 Å². The number of methoxy groups -OCH3 is 1. The molecule has 1 saturated heterocycles. The maximum absolute atomic E-state index is 13.0. The fraction of sp³-hybridized carbons (Fsp3) is 0.381. The van der Waals surface area contributed by atoms with Crippen molar-refractivity contribution in [1.82, 2.24) is 4.31 Å². The van der Waals surface area contributed by atoms with Gasteiger partial charge in [-0.15, -0.1) is 0 Å². The first kappa shape index (κ1) is 23.3. The molecule has 0 bridgehead atoms. The van der Waals surface area contributed by atoms with E-state index in [-0.39, 0.29) is 23.7 Å². The standard InChI is InChI=1S/C21H25ClN2O6S/c1-3-18(30-19-7-5-4-6-16(19)22)21(25)23-17-14-15(8-9-20(17)28-2)31(26,27)24-10-12-29-13-11-24/h4-9,14,18H,3,10-13H2,1-2H3,(H,23,25)/t18-/m0/s1. The summed E-state index contributed by atoms with van der Waals surface area (Å²) in [7, 11) is -2.28. The highest BCUT2D eigenvalue weighted by Crippen LogP contribution is 2.30. The zero-order chi connectivity index (χ0) is 22.4. The van der Waals surface area contributed by atoms with Crippen molar-refractivity contribution in [3.8, 4) is 11.5 Å². The van der Waals surface area contributed by atoms with E-state index in [0.29, 0.717) is 36.2 Å². The zero-order valence-electron chi connectivity index (χ0n) is 17.3. The first-order valence-electron chi connectivity index (χ1n) is 9.84. The van der Waals surface area contributed by atoms with E-state index in [1.165, 1.54) is 29.6 Å². The van der Waals surface area contributed by atoms with Gasteiger partial charge in [-0.1, -0.05) is 30.7 Å². The third kappa shape index (κ3) is 5.48. The van der Waals surface area contributed by atoms with Crippen LogP contribution in [0.5, 0.6) is 11.5 Å². The zero-order valence-corrected chi connectivity index (χ0v) is 18.9. The topological polar surface area (TPSA) is 94.2 Å². The van der Waals surface area contributed by atoms with Gasteiger partial charge in [-0.05, 0) is 36.8 Å². The number of nitrogens with one attached hydrogen (secondary N) is 1. The smallest absolute Gasteiger partial charge is 0.265 e. The Morgan fingerprint density at radius 1 is 1.19 bits per heavy atom. The number of nitrogens with zero attached hydrogens (tertiary/aromatic N) is 1. The van der Waals surface area contributed by atoms with Gasteiger partial charge >= 0.3 is 0 Å². The summed E-state index contributed by atoms with van der Waals surface area (Å²) in [6.45, 7) is 3.05. The van der Waals surface area contributed by atoms with Crippen LogP contribution in [0.4, 0.5) is 5.69 Å². The van der Waals surface area contributed by atoms with Crippen LogP contribution in [0, 0.1) is 0 Å². The summed E-state index contributed by atoms with van der Waals surface area (Å²) in [5.41, 5.74) is 0.239. The van der Waals surface area contributed by atoms with E-state index in [2.05, 4.69) is 5.32 Å². The van der Waals surface area contributed by atoms with Crippen LogP contribution < -0.4 is 14.8 Å². The van der Waals surface area contributed by atoms with Crippen LogP contribution in [0.1, 0.15) is 13.3 Å². The quantitative estimate of drug-likeness (QED) is 0.639. The number of rotatable bonds is 8. The minimum absolute atomic E-state index is 0.0607. The number of anilines is 1. The number of para-hydroxylation sites is 1. The summed E-state index contributed by atoms with van der Waals surface area (Å²) in [4.78, 5) is 12.9. The second-order valence-electron chi connectivity index (χ2n) is 6.81. The minimum atomic E-state index is -3.73. The van der Waals surface area contributed by atoms with Crippen molar-refractivity contribution in [1.29, 1.82) is 0 Å². The van der Waals surface area contributed by atoms with Gasteiger partial charge in [0.2, 0.25) is 10.0 Å². The SMILES string of the molecule is CC[C@H](Oc1ccccc1Cl)C(=O)Nc1cc(S(=O)(=O)N2CCOCC2)ccc1OC. The van der Waals surface area contributed by atoms with Gasteiger partial charge in [-0.2, -0.15) is 4.31 Å². The van der Waals surface area contributed by atoms with Crippen molar-refractivity contribution in [3.05, 3.63) is 47.5 Å². The van der Waals surface area contributed by atoms with Gasteiger partial charge in [0, 0.05) is 13.1 Å². The second-order valence-corrected chi connectivity index (χ2v) is 9.16. The molecule has 10 heteroatoms. The van der Waals surface area contributed by atoms with Crippen molar-refractivity contribution in [3.63, 3.8) is 0 Å². The summed E-state index contributed by atoms with van der Waals surface area (Å²) in [6, 6.07) is 11.2. The molecule has 3 rings (SSSR count). The number of amides is 1. The summed E-state index contributed by atoms with van der Waals surface area (Å²) >= 11 is 6.13. The molecule has 1 amide bonds. The number of carbonyl (C=O) groups is 1. The number of morpholine rings is 1. The fourth-order valence-corrected chi connectivity index (χ4v) is 4.73. The molecule has 2 aromatic rings. The lowest BCUT2D eigenvalue weighted by atomic mass is 10.2. The number of halogens is 1. The van der Waals surface area contributed by atoms with Crippen LogP contribution in [-0.4, -0.2) is 58.1 Å². The first-order chi connectivity index (χ1) is 14.9. The average molecular weight is 469 g/mol. The van der Waals surface area contributed by atoms with Crippen molar-refractivity contribution in [2.45, 2.75) is 24.3 Å². The molecule has 1 atom stereocenters. The molecule has 0 spiro atoms. The number of sulfonamides is 1. The van der Waals surface area contributed by atoms with Gasteiger partial charge in [0.05, 0.1) is 35.9 Å². The Kier molecular flexibility index (Phi) is 7.77. The predicted molar refractivity (Wildman–Crippen MR) is 117 cm³/mol. The molecule has 0 aromatic heterocycles. The lowest BCUT2D eigenvalue weighted by Crippen LogP contribution is -2.40. The lowest BCUT2D eigenvalue weighted by Gasteiger charge is -2.26. The molecule has 1 aliphatic rings. The molecule has 0 saturated carbocycles. The molecule has 8 nitrogen and oxygen atoms in total. The molecule has 31 heavy (non-hydrogen) atoms. The molecule has 1 N–H and O–H groups in total. The number of carbonyl (C=O) groups excluding carboxylic acids is 1.